The highest BCUT2D eigenvalue weighted by Crippen LogP contribution is 2.29. The van der Waals surface area contributed by atoms with Gasteiger partial charge in [0.25, 0.3) is 0 Å². The minimum absolute atomic E-state index is 0.233. The van der Waals surface area contributed by atoms with Gasteiger partial charge >= 0.3 is 11.9 Å². The third-order valence-corrected chi connectivity index (χ3v) is 2.42. The number of hydrogen-bond acceptors (Lipinski definition) is 5. The summed E-state index contributed by atoms with van der Waals surface area (Å²) in [5, 5.41) is 0. The van der Waals surface area contributed by atoms with E-state index in [4.69, 9.17) is 4.74 Å². The molecule has 0 spiro atoms. The molecule has 0 bridgehead atoms. The maximum atomic E-state index is 11.4. The van der Waals surface area contributed by atoms with Gasteiger partial charge in [0.2, 0.25) is 0 Å². The minimum atomic E-state index is -0.576. The first kappa shape index (κ1) is 11.7. The number of ether oxygens (including phenoxy) is 3. The molecule has 84 valence electrons. The van der Waals surface area contributed by atoms with Crippen molar-refractivity contribution in [2.75, 3.05) is 21.3 Å². The predicted molar refractivity (Wildman–Crippen MR) is 51.0 cm³/mol. The van der Waals surface area contributed by atoms with Gasteiger partial charge < -0.3 is 14.2 Å². The van der Waals surface area contributed by atoms with Gasteiger partial charge in [-0.05, 0) is 12.5 Å². The van der Waals surface area contributed by atoms with Crippen LogP contribution in [-0.2, 0) is 23.8 Å². The molecule has 0 fully saturated rings. The van der Waals surface area contributed by atoms with E-state index in [-0.39, 0.29) is 6.10 Å². The van der Waals surface area contributed by atoms with E-state index in [1.54, 1.807) is 6.08 Å². The highest BCUT2D eigenvalue weighted by molar-refractivity contribution is 5.96. The van der Waals surface area contributed by atoms with Crippen molar-refractivity contribution in [1.82, 2.24) is 0 Å². The zero-order valence-electron chi connectivity index (χ0n) is 8.98. The second kappa shape index (κ2) is 4.93. The fourth-order valence-electron chi connectivity index (χ4n) is 1.60. The molecule has 1 aliphatic carbocycles. The zero-order valence-corrected chi connectivity index (χ0v) is 8.98. The molecule has 0 aromatic carbocycles. The van der Waals surface area contributed by atoms with Crippen molar-refractivity contribution in [2.24, 2.45) is 5.92 Å². The summed E-state index contributed by atoms with van der Waals surface area (Å²) in [5.41, 5.74) is 0.316. The van der Waals surface area contributed by atoms with Gasteiger partial charge in [-0.1, -0.05) is 0 Å². The van der Waals surface area contributed by atoms with E-state index < -0.39 is 17.9 Å². The molecule has 0 aromatic heterocycles. The Balaban J connectivity index is 2.86. The van der Waals surface area contributed by atoms with Crippen LogP contribution in [0.1, 0.15) is 6.42 Å². The Morgan fingerprint density at radius 2 is 1.93 bits per heavy atom. The SMILES string of the molecule is COC(=O)C1=CC(OC)CC1C(=O)OC. The van der Waals surface area contributed by atoms with Crippen LogP contribution in [0, 0.1) is 5.92 Å². The van der Waals surface area contributed by atoms with Crippen LogP contribution in [0.15, 0.2) is 11.6 Å². The zero-order chi connectivity index (χ0) is 11.4. The molecule has 2 atom stereocenters. The summed E-state index contributed by atoms with van der Waals surface area (Å²) in [6.07, 6.45) is 1.80. The van der Waals surface area contributed by atoms with Crippen LogP contribution < -0.4 is 0 Å². The van der Waals surface area contributed by atoms with E-state index in [9.17, 15) is 9.59 Å². The molecule has 0 N–H and O–H groups in total. The van der Waals surface area contributed by atoms with Gasteiger partial charge in [0.15, 0.2) is 0 Å². The van der Waals surface area contributed by atoms with Crippen molar-refractivity contribution in [3.05, 3.63) is 11.6 Å². The lowest BCUT2D eigenvalue weighted by molar-refractivity contribution is -0.147. The molecular formula is C10H14O5. The molecule has 0 radical (unpaired) electrons. The Labute approximate surface area is 88.0 Å². The van der Waals surface area contributed by atoms with E-state index in [2.05, 4.69) is 9.47 Å². The van der Waals surface area contributed by atoms with Crippen LogP contribution in [0.3, 0.4) is 0 Å². The smallest absolute Gasteiger partial charge is 0.334 e. The summed E-state index contributed by atoms with van der Waals surface area (Å²) in [4.78, 5) is 22.7. The van der Waals surface area contributed by atoms with Crippen molar-refractivity contribution in [3.8, 4) is 0 Å². The largest absolute Gasteiger partial charge is 0.469 e. The lowest BCUT2D eigenvalue weighted by atomic mass is 10.0. The Morgan fingerprint density at radius 1 is 1.27 bits per heavy atom. The van der Waals surface area contributed by atoms with Gasteiger partial charge in [0, 0.05) is 7.11 Å². The van der Waals surface area contributed by atoms with E-state index in [1.807, 2.05) is 0 Å². The molecule has 1 rings (SSSR count). The Kier molecular flexibility index (Phi) is 3.85. The lowest BCUT2D eigenvalue weighted by Crippen LogP contribution is -2.21. The van der Waals surface area contributed by atoms with Crippen LogP contribution in [-0.4, -0.2) is 39.4 Å². The van der Waals surface area contributed by atoms with Gasteiger partial charge in [-0.15, -0.1) is 0 Å². The van der Waals surface area contributed by atoms with Gasteiger partial charge in [-0.3, -0.25) is 4.79 Å². The second-order valence-electron chi connectivity index (χ2n) is 3.20. The molecule has 5 heteroatoms. The maximum absolute atomic E-state index is 11.4. The molecule has 0 saturated heterocycles. The van der Waals surface area contributed by atoms with E-state index >= 15 is 0 Å². The van der Waals surface area contributed by atoms with Gasteiger partial charge in [0.05, 0.1) is 31.8 Å². The third kappa shape index (κ3) is 2.36. The molecule has 0 amide bonds. The molecule has 15 heavy (non-hydrogen) atoms. The molecule has 2 unspecified atom stereocenters. The monoisotopic (exact) mass is 214 g/mol. The molecular weight excluding hydrogens is 200 g/mol. The van der Waals surface area contributed by atoms with Crippen molar-refractivity contribution in [1.29, 1.82) is 0 Å². The highest BCUT2D eigenvalue weighted by Gasteiger charge is 2.36. The van der Waals surface area contributed by atoms with E-state index in [0.717, 1.165) is 0 Å². The normalized spacial score (nSPS) is 24.6. The van der Waals surface area contributed by atoms with Crippen LogP contribution in [0.2, 0.25) is 0 Å². The summed E-state index contributed by atoms with van der Waals surface area (Å²) in [6.45, 7) is 0. The molecule has 0 aliphatic heterocycles. The van der Waals surface area contributed by atoms with Crippen molar-refractivity contribution < 1.29 is 23.8 Å². The Morgan fingerprint density at radius 3 is 2.40 bits per heavy atom. The van der Waals surface area contributed by atoms with Crippen molar-refractivity contribution in [2.45, 2.75) is 12.5 Å². The number of rotatable bonds is 3. The summed E-state index contributed by atoms with van der Waals surface area (Å²) >= 11 is 0. The quantitative estimate of drug-likeness (QED) is 0.632. The minimum Gasteiger partial charge on any atom is -0.469 e. The topological polar surface area (TPSA) is 61.8 Å². The second-order valence-corrected chi connectivity index (χ2v) is 3.20. The number of carbonyl (C=O) groups excluding carboxylic acids is 2. The first-order chi connectivity index (χ1) is 7.13. The molecule has 0 saturated carbocycles. The fourth-order valence-corrected chi connectivity index (χ4v) is 1.60. The van der Waals surface area contributed by atoms with Crippen LogP contribution in [0.5, 0.6) is 0 Å². The lowest BCUT2D eigenvalue weighted by Gasteiger charge is -2.11. The Bertz CT molecular complexity index is 294. The average Bonchev–Trinajstić information content (AvgIpc) is 2.70. The summed E-state index contributed by atoms with van der Waals surface area (Å²) in [5.74, 6) is -1.52. The van der Waals surface area contributed by atoms with Crippen LogP contribution >= 0.6 is 0 Å². The number of methoxy groups -OCH3 is 3. The van der Waals surface area contributed by atoms with Crippen molar-refractivity contribution in [3.63, 3.8) is 0 Å². The fraction of sp³-hybridized carbons (Fsp3) is 0.600. The number of hydrogen-bond donors (Lipinski definition) is 0. The average molecular weight is 214 g/mol. The van der Waals surface area contributed by atoms with E-state index in [0.29, 0.717) is 12.0 Å². The molecule has 1 aliphatic rings. The van der Waals surface area contributed by atoms with Gasteiger partial charge in [0.1, 0.15) is 0 Å². The summed E-state index contributed by atoms with van der Waals surface area (Å²) in [6, 6.07) is 0. The maximum Gasteiger partial charge on any atom is 0.334 e. The van der Waals surface area contributed by atoms with Gasteiger partial charge in [-0.2, -0.15) is 0 Å². The van der Waals surface area contributed by atoms with Crippen LogP contribution in [0.4, 0.5) is 0 Å². The number of carbonyl (C=O) groups is 2. The Hall–Kier alpha value is -1.36. The standard InChI is InChI=1S/C10H14O5/c1-13-6-4-7(9(11)14-2)8(5-6)10(12)15-3/h4,6,8H,5H2,1-3H3. The first-order valence-electron chi connectivity index (χ1n) is 4.54. The molecule has 0 heterocycles. The van der Waals surface area contributed by atoms with Crippen LogP contribution in [0.25, 0.3) is 0 Å². The van der Waals surface area contributed by atoms with Gasteiger partial charge in [-0.25, -0.2) is 4.79 Å². The number of esters is 2. The summed E-state index contributed by atoms with van der Waals surface area (Å²) in [7, 11) is 4.09. The third-order valence-electron chi connectivity index (χ3n) is 2.42. The molecule has 5 nitrogen and oxygen atoms in total. The van der Waals surface area contributed by atoms with Crippen molar-refractivity contribution >= 4 is 11.9 Å². The molecule has 0 aromatic rings. The van der Waals surface area contributed by atoms with E-state index in [1.165, 1.54) is 21.3 Å². The summed E-state index contributed by atoms with van der Waals surface area (Å²) < 4.78 is 14.3. The first-order valence-corrected chi connectivity index (χ1v) is 4.54. The predicted octanol–water partition coefficient (Wildman–Crippen LogP) is 0.294. The highest BCUT2D eigenvalue weighted by atomic mass is 16.5.